The number of carbonyl (C=O) groups excluding carboxylic acids is 1. The minimum Gasteiger partial charge on any atom is -0.345 e. The second-order valence-electron chi connectivity index (χ2n) is 5.22. The van der Waals surface area contributed by atoms with Crippen molar-refractivity contribution in [1.82, 2.24) is 19.2 Å². The number of hydrogen-bond acceptors (Lipinski definition) is 6. The molecule has 0 spiro atoms. The fourth-order valence-corrected chi connectivity index (χ4v) is 3.31. The minimum absolute atomic E-state index is 0.0794. The molecule has 0 aliphatic carbocycles. The molecule has 0 N–H and O–H groups in total. The van der Waals surface area contributed by atoms with Gasteiger partial charge >= 0.3 is 0 Å². The van der Waals surface area contributed by atoms with Gasteiger partial charge in [0.25, 0.3) is 5.91 Å². The first-order valence-corrected chi connectivity index (χ1v) is 8.32. The maximum Gasteiger partial charge on any atom is 0.254 e. The van der Waals surface area contributed by atoms with E-state index in [1.165, 1.54) is 11.5 Å². The summed E-state index contributed by atoms with van der Waals surface area (Å²) in [6.45, 7) is 5.26. The van der Waals surface area contributed by atoms with Crippen LogP contribution in [0.1, 0.15) is 29.5 Å². The number of anilines is 1. The third-order valence-electron chi connectivity index (χ3n) is 3.75. The molecule has 3 heterocycles. The fourth-order valence-electron chi connectivity index (χ4n) is 2.51. The third-order valence-corrected chi connectivity index (χ3v) is 4.57. The van der Waals surface area contributed by atoms with E-state index in [1.807, 2.05) is 4.90 Å². The first kappa shape index (κ1) is 14.9. The molecule has 0 aromatic carbocycles. The van der Waals surface area contributed by atoms with Crippen LogP contribution in [0.15, 0.2) is 24.5 Å². The van der Waals surface area contributed by atoms with Crippen molar-refractivity contribution in [3.8, 4) is 0 Å². The van der Waals surface area contributed by atoms with Crippen LogP contribution >= 0.6 is 11.5 Å². The van der Waals surface area contributed by atoms with Crippen LogP contribution in [0, 0.1) is 0 Å². The topological polar surface area (TPSA) is 62.2 Å². The van der Waals surface area contributed by atoms with Crippen LogP contribution in [0.3, 0.4) is 0 Å². The number of carbonyl (C=O) groups is 1. The van der Waals surface area contributed by atoms with Crippen LogP contribution in [0.4, 0.5) is 5.13 Å². The lowest BCUT2D eigenvalue weighted by atomic mass is 10.2. The number of pyridine rings is 1. The lowest BCUT2D eigenvalue weighted by molar-refractivity contribution is 0.0767. The summed E-state index contributed by atoms with van der Waals surface area (Å²) in [7, 11) is 0. The van der Waals surface area contributed by atoms with Gasteiger partial charge in [-0.2, -0.15) is 4.37 Å². The van der Waals surface area contributed by atoms with Crippen LogP contribution in [0.25, 0.3) is 0 Å². The van der Waals surface area contributed by atoms with Gasteiger partial charge in [0.2, 0.25) is 5.13 Å². The Bertz CT molecular complexity index is 630. The van der Waals surface area contributed by atoms with Gasteiger partial charge in [0.1, 0.15) is 5.82 Å². The monoisotopic (exact) mass is 317 g/mol. The highest BCUT2D eigenvalue weighted by atomic mass is 32.1. The molecule has 0 bridgehead atoms. The molecule has 6 nitrogen and oxygen atoms in total. The second kappa shape index (κ2) is 6.83. The molecule has 0 saturated carbocycles. The standard InChI is InChI=1S/C15H19N5OS/c1-2-13-17-15(22-18-13)20-9-3-8-19(10-11-20)14(21)12-4-6-16-7-5-12/h4-7H,2-3,8-11H2,1H3. The van der Waals surface area contributed by atoms with Crippen molar-refractivity contribution in [2.45, 2.75) is 19.8 Å². The number of nitrogens with zero attached hydrogens (tertiary/aromatic N) is 5. The molecule has 22 heavy (non-hydrogen) atoms. The Morgan fingerprint density at radius 1 is 1.23 bits per heavy atom. The maximum absolute atomic E-state index is 12.5. The van der Waals surface area contributed by atoms with Crippen LogP contribution in [-0.2, 0) is 6.42 Å². The van der Waals surface area contributed by atoms with Gasteiger partial charge < -0.3 is 9.80 Å². The molecule has 0 radical (unpaired) electrons. The van der Waals surface area contributed by atoms with E-state index in [9.17, 15) is 4.79 Å². The number of aromatic nitrogens is 3. The van der Waals surface area contributed by atoms with Gasteiger partial charge in [-0.15, -0.1) is 0 Å². The third kappa shape index (κ3) is 3.24. The van der Waals surface area contributed by atoms with Gasteiger partial charge in [-0.25, -0.2) is 4.98 Å². The van der Waals surface area contributed by atoms with E-state index in [0.29, 0.717) is 12.1 Å². The molecule has 1 fully saturated rings. The highest BCUT2D eigenvalue weighted by Gasteiger charge is 2.21. The number of rotatable bonds is 3. The molecule has 1 aliphatic heterocycles. The summed E-state index contributed by atoms with van der Waals surface area (Å²) in [6, 6.07) is 3.53. The summed E-state index contributed by atoms with van der Waals surface area (Å²) >= 11 is 1.45. The van der Waals surface area contributed by atoms with Crippen molar-refractivity contribution in [3.05, 3.63) is 35.9 Å². The van der Waals surface area contributed by atoms with E-state index in [-0.39, 0.29) is 5.91 Å². The van der Waals surface area contributed by atoms with Gasteiger partial charge in [-0.1, -0.05) is 6.92 Å². The van der Waals surface area contributed by atoms with Crippen LogP contribution in [0.5, 0.6) is 0 Å². The molecule has 2 aromatic heterocycles. The van der Waals surface area contributed by atoms with E-state index in [4.69, 9.17) is 0 Å². The van der Waals surface area contributed by atoms with Crippen molar-refractivity contribution < 1.29 is 4.79 Å². The van der Waals surface area contributed by atoms with Gasteiger partial charge in [-0.3, -0.25) is 9.78 Å². The Morgan fingerprint density at radius 2 is 2.05 bits per heavy atom. The average Bonchev–Trinajstić information content (AvgIpc) is 2.92. The summed E-state index contributed by atoms with van der Waals surface area (Å²) < 4.78 is 4.34. The maximum atomic E-state index is 12.5. The highest BCUT2D eigenvalue weighted by molar-refractivity contribution is 7.09. The molecule has 1 aliphatic rings. The molecule has 0 atom stereocenters. The first-order valence-electron chi connectivity index (χ1n) is 7.54. The SMILES string of the molecule is CCc1nsc(N2CCCN(C(=O)c3ccncc3)CC2)n1. The van der Waals surface area contributed by atoms with Gasteiger partial charge in [0.15, 0.2) is 0 Å². The van der Waals surface area contributed by atoms with Crippen molar-refractivity contribution in [3.63, 3.8) is 0 Å². The van der Waals surface area contributed by atoms with Gasteiger partial charge in [0.05, 0.1) is 0 Å². The number of aryl methyl sites for hydroxylation is 1. The Hall–Kier alpha value is -2.02. The Labute approximate surface area is 134 Å². The average molecular weight is 317 g/mol. The van der Waals surface area contributed by atoms with Crippen molar-refractivity contribution in [2.75, 3.05) is 31.1 Å². The fraction of sp³-hybridized carbons (Fsp3) is 0.467. The summed E-state index contributed by atoms with van der Waals surface area (Å²) in [4.78, 5) is 25.2. The van der Waals surface area contributed by atoms with Crippen molar-refractivity contribution >= 4 is 22.6 Å². The van der Waals surface area contributed by atoms with Crippen LogP contribution in [-0.4, -0.2) is 51.3 Å². The largest absolute Gasteiger partial charge is 0.345 e. The molecule has 1 saturated heterocycles. The molecule has 116 valence electrons. The zero-order chi connectivity index (χ0) is 15.4. The predicted octanol–water partition coefficient (Wildman–Crippen LogP) is 1.85. The second-order valence-corrected chi connectivity index (χ2v) is 5.95. The highest BCUT2D eigenvalue weighted by Crippen LogP contribution is 2.19. The smallest absolute Gasteiger partial charge is 0.254 e. The van der Waals surface area contributed by atoms with E-state index in [2.05, 4.69) is 26.2 Å². The lowest BCUT2D eigenvalue weighted by Crippen LogP contribution is -2.35. The Kier molecular flexibility index (Phi) is 4.62. The molecule has 3 rings (SSSR count). The van der Waals surface area contributed by atoms with Gasteiger partial charge in [0, 0.05) is 62.1 Å². The van der Waals surface area contributed by atoms with E-state index in [0.717, 1.165) is 43.4 Å². The lowest BCUT2D eigenvalue weighted by Gasteiger charge is -2.21. The summed E-state index contributed by atoms with van der Waals surface area (Å²) in [5, 5.41) is 0.968. The molecular formula is C15H19N5OS. The zero-order valence-electron chi connectivity index (χ0n) is 12.6. The summed E-state index contributed by atoms with van der Waals surface area (Å²) in [5.41, 5.74) is 0.702. The zero-order valence-corrected chi connectivity index (χ0v) is 13.4. The molecular weight excluding hydrogens is 298 g/mol. The van der Waals surface area contributed by atoms with Crippen LogP contribution < -0.4 is 4.90 Å². The molecule has 2 aromatic rings. The molecule has 0 unspecified atom stereocenters. The normalized spacial score (nSPS) is 15.7. The van der Waals surface area contributed by atoms with E-state index >= 15 is 0 Å². The first-order chi connectivity index (χ1) is 10.8. The van der Waals surface area contributed by atoms with Crippen molar-refractivity contribution in [2.24, 2.45) is 0 Å². The molecule has 1 amide bonds. The van der Waals surface area contributed by atoms with E-state index in [1.54, 1.807) is 24.5 Å². The number of hydrogen-bond donors (Lipinski definition) is 0. The summed E-state index contributed by atoms with van der Waals surface area (Å²) in [6.07, 6.45) is 5.12. The van der Waals surface area contributed by atoms with E-state index < -0.39 is 0 Å². The van der Waals surface area contributed by atoms with Crippen LogP contribution in [0.2, 0.25) is 0 Å². The quantitative estimate of drug-likeness (QED) is 0.864. The van der Waals surface area contributed by atoms with Crippen molar-refractivity contribution in [1.29, 1.82) is 0 Å². The predicted molar refractivity (Wildman–Crippen MR) is 86.3 cm³/mol. The Morgan fingerprint density at radius 3 is 2.77 bits per heavy atom. The summed E-state index contributed by atoms with van der Waals surface area (Å²) in [5.74, 6) is 0.977. The minimum atomic E-state index is 0.0794. The number of amides is 1. The Balaban J connectivity index is 1.66. The molecule has 7 heteroatoms. The van der Waals surface area contributed by atoms with Gasteiger partial charge in [-0.05, 0) is 18.6 Å².